The van der Waals surface area contributed by atoms with Crippen molar-refractivity contribution in [3.63, 3.8) is 0 Å². The van der Waals surface area contributed by atoms with E-state index in [0.29, 0.717) is 0 Å². The van der Waals surface area contributed by atoms with E-state index in [9.17, 15) is 0 Å². The molecule has 0 aliphatic heterocycles. The number of hydrogen-bond acceptors (Lipinski definition) is 2. The summed E-state index contributed by atoms with van der Waals surface area (Å²) < 4.78 is 6.24. The monoisotopic (exact) mass is 311 g/mol. The Kier molecular flexibility index (Phi) is 5.89. The van der Waals surface area contributed by atoms with Crippen molar-refractivity contribution < 1.29 is 4.74 Å². The third kappa shape index (κ3) is 4.14. The number of nitrogens with one attached hydrogen (secondary N) is 1. The van der Waals surface area contributed by atoms with E-state index in [1.165, 1.54) is 5.56 Å². The first kappa shape index (κ1) is 15.3. The lowest BCUT2D eigenvalue weighted by Crippen LogP contribution is -2.31. The minimum atomic E-state index is 0.0735. The van der Waals surface area contributed by atoms with E-state index in [4.69, 9.17) is 4.74 Å². The maximum atomic E-state index is 5.24. The number of ether oxygens (including phenoxy) is 1. The van der Waals surface area contributed by atoms with E-state index in [-0.39, 0.29) is 5.41 Å². The molecule has 0 spiro atoms. The molecule has 100 valence electrons. The van der Waals surface area contributed by atoms with Crippen LogP contribution in [-0.2, 0) is 6.42 Å². The summed E-state index contributed by atoms with van der Waals surface area (Å²) in [6.07, 6.45) is 3.00. The molecular weight excluding hydrogens is 290 g/mol. The fourth-order valence-electron chi connectivity index (χ4n) is 1.90. The molecule has 0 amide bonds. The highest BCUT2D eigenvalue weighted by atomic mass is 79.9. The van der Waals surface area contributed by atoms with Crippen molar-refractivity contribution in [3.8, 4) is 5.75 Å². The molecule has 0 aliphatic rings. The number of halogens is 1. The lowest BCUT2D eigenvalue weighted by atomic mass is 9.83. The summed E-state index contributed by atoms with van der Waals surface area (Å²) >= 11 is 3.52. The van der Waals surface area contributed by atoms with Crippen molar-refractivity contribution in [2.24, 2.45) is 5.41 Å². The Labute approximate surface area is 119 Å². The van der Waals surface area contributed by atoms with Gasteiger partial charge in [0.1, 0.15) is 5.75 Å². The lowest BCUT2D eigenvalue weighted by molar-refractivity contribution is 0.394. The lowest BCUT2D eigenvalue weighted by Gasteiger charge is -2.26. The Morgan fingerprint density at radius 1 is 1.50 bits per heavy atom. The van der Waals surface area contributed by atoms with Gasteiger partial charge in [-0.1, -0.05) is 26.0 Å². The molecule has 1 aromatic carbocycles. The number of benzene rings is 1. The summed E-state index contributed by atoms with van der Waals surface area (Å²) in [6.45, 7) is 10.2. The molecule has 1 aromatic rings. The molecule has 0 bridgehead atoms. The predicted octanol–water partition coefficient (Wildman–Crippen LogP) is 3.80. The Morgan fingerprint density at radius 3 is 2.72 bits per heavy atom. The van der Waals surface area contributed by atoms with Gasteiger partial charge in [0.2, 0.25) is 0 Å². The van der Waals surface area contributed by atoms with E-state index >= 15 is 0 Å². The summed E-state index contributed by atoms with van der Waals surface area (Å²) in [4.78, 5) is 0. The van der Waals surface area contributed by atoms with Crippen LogP contribution in [0, 0.1) is 5.41 Å². The van der Waals surface area contributed by atoms with Crippen LogP contribution in [0.1, 0.15) is 19.4 Å². The van der Waals surface area contributed by atoms with Gasteiger partial charge in [-0.3, -0.25) is 0 Å². The number of hydrogen-bond donors (Lipinski definition) is 1. The molecule has 1 N–H and O–H groups in total. The largest absolute Gasteiger partial charge is 0.496 e. The fraction of sp³-hybridized carbons (Fsp3) is 0.467. The highest BCUT2D eigenvalue weighted by Crippen LogP contribution is 2.29. The Balaban J connectivity index is 2.81. The maximum Gasteiger partial charge on any atom is 0.133 e. The summed E-state index contributed by atoms with van der Waals surface area (Å²) in [7, 11) is 1.68. The van der Waals surface area contributed by atoms with Crippen molar-refractivity contribution in [3.05, 3.63) is 40.9 Å². The molecule has 1 unspecified atom stereocenters. The van der Waals surface area contributed by atoms with Crippen LogP contribution in [0.3, 0.4) is 0 Å². The summed E-state index contributed by atoms with van der Waals surface area (Å²) in [5.41, 5.74) is 1.35. The van der Waals surface area contributed by atoms with Gasteiger partial charge in [-0.05, 0) is 46.6 Å². The molecule has 0 aliphatic carbocycles. The third-order valence-corrected chi connectivity index (χ3v) is 3.72. The molecule has 1 atom stereocenters. The Morgan fingerprint density at radius 2 is 2.22 bits per heavy atom. The first-order valence-electron chi connectivity index (χ1n) is 6.21. The van der Waals surface area contributed by atoms with Gasteiger partial charge in [0.25, 0.3) is 0 Å². The van der Waals surface area contributed by atoms with E-state index in [0.717, 1.165) is 29.7 Å². The maximum absolute atomic E-state index is 5.24. The van der Waals surface area contributed by atoms with Crippen LogP contribution in [0.25, 0.3) is 0 Å². The molecule has 0 saturated carbocycles. The second-order valence-electron chi connectivity index (χ2n) is 4.78. The summed E-state index contributed by atoms with van der Waals surface area (Å²) in [5.74, 6) is 0.866. The van der Waals surface area contributed by atoms with E-state index in [1.54, 1.807) is 7.11 Å². The van der Waals surface area contributed by atoms with Gasteiger partial charge in [0.05, 0.1) is 11.6 Å². The average Bonchev–Trinajstić information content (AvgIpc) is 2.37. The second kappa shape index (κ2) is 6.95. The van der Waals surface area contributed by atoms with Gasteiger partial charge in [-0.2, -0.15) is 0 Å². The van der Waals surface area contributed by atoms with Crippen molar-refractivity contribution in [2.45, 2.75) is 20.3 Å². The minimum absolute atomic E-state index is 0.0735. The van der Waals surface area contributed by atoms with Gasteiger partial charge in [-0.25, -0.2) is 0 Å². The first-order valence-corrected chi connectivity index (χ1v) is 7.00. The molecule has 2 nitrogen and oxygen atoms in total. The standard InChI is InChI=1S/C15H22BrNO/c1-5-15(3,11-17-6-2)10-12-7-8-14(18-4)13(16)9-12/h5,7-9,17H,1,6,10-11H2,2-4H3. The highest BCUT2D eigenvalue weighted by Gasteiger charge is 2.20. The normalized spacial score (nSPS) is 14.0. The molecule has 3 heteroatoms. The topological polar surface area (TPSA) is 21.3 Å². The zero-order chi connectivity index (χ0) is 13.6. The smallest absolute Gasteiger partial charge is 0.133 e. The zero-order valence-corrected chi connectivity index (χ0v) is 13.0. The quantitative estimate of drug-likeness (QED) is 0.773. The Hall–Kier alpha value is -0.800. The van der Waals surface area contributed by atoms with Crippen molar-refractivity contribution >= 4 is 15.9 Å². The molecule has 0 heterocycles. The molecule has 0 saturated heterocycles. The minimum Gasteiger partial charge on any atom is -0.496 e. The molecular formula is C15H22BrNO. The van der Waals surface area contributed by atoms with Crippen LogP contribution >= 0.6 is 15.9 Å². The number of methoxy groups -OCH3 is 1. The van der Waals surface area contributed by atoms with Crippen LogP contribution in [0.4, 0.5) is 0 Å². The molecule has 0 radical (unpaired) electrons. The summed E-state index contributed by atoms with van der Waals surface area (Å²) in [6, 6.07) is 6.22. The summed E-state index contributed by atoms with van der Waals surface area (Å²) in [5, 5.41) is 3.39. The second-order valence-corrected chi connectivity index (χ2v) is 5.64. The van der Waals surface area contributed by atoms with Crippen molar-refractivity contribution in [2.75, 3.05) is 20.2 Å². The predicted molar refractivity (Wildman–Crippen MR) is 81.2 cm³/mol. The van der Waals surface area contributed by atoms with Crippen LogP contribution < -0.4 is 10.1 Å². The van der Waals surface area contributed by atoms with Crippen molar-refractivity contribution in [1.29, 1.82) is 0 Å². The van der Waals surface area contributed by atoms with E-state index < -0.39 is 0 Å². The number of rotatable bonds is 7. The van der Waals surface area contributed by atoms with Gasteiger partial charge < -0.3 is 10.1 Å². The molecule has 18 heavy (non-hydrogen) atoms. The van der Waals surface area contributed by atoms with Gasteiger partial charge in [0.15, 0.2) is 0 Å². The SMILES string of the molecule is C=CC(C)(CNCC)Cc1ccc(OC)c(Br)c1. The van der Waals surface area contributed by atoms with E-state index in [2.05, 4.69) is 53.8 Å². The molecule has 1 rings (SSSR count). The molecule has 0 fully saturated rings. The zero-order valence-electron chi connectivity index (χ0n) is 11.4. The van der Waals surface area contributed by atoms with E-state index in [1.807, 2.05) is 12.1 Å². The van der Waals surface area contributed by atoms with Crippen LogP contribution in [0.2, 0.25) is 0 Å². The van der Waals surface area contributed by atoms with Crippen molar-refractivity contribution in [1.82, 2.24) is 5.32 Å². The fourth-order valence-corrected chi connectivity index (χ4v) is 2.49. The third-order valence-electron chi connectivity index (χ3n) is 3.10. The van der Waals surface area contributed by atoms with Crippen LogP contribution in [-0.4, -0.2) is 20.2 Å². The highest BCUT2D eigenvalue weighted by molar-refractivity contribution is 9.10. The molecule has 0 aromatic heterocycles. The van der Waals surface area contributed by atoms with Gasteiger partial charge >= 0.3 is 0 Å². The average molecular weight is 312 g/mol. The van der Waals surface area contributed by atoms with Gasteiger partial charge in [0, 0.05) is 12.0 Å². The van der Waals surface area contributed by atoms with Gasteiger partial charge in [-0.15, -0.1) is 6.58 Å². The first-order chi connectivity index (χ1) is 8.54. The van der Waals surface area contributed by atoms with Crippen LogP contribution in [0.5, 0.6) is 5.75 Å². The van der Waals surface area contributed by atoms with Crippen LogP contribution in [0.15, 0.2) is 35.3 Å². The Bertz CT molecular complexity index is 405.